The Morgan fingerprint density at radius 2 is 2.36 bits per heavy atom. The second-order valence-corrected chi connectivity index (χ2v) is 2.85. The van der Waals surface area contributed by atoms with Crippen molar-refractivity contribution in [3.63, 3.8) is 0 Å². The predicted octanol–water partition coefficient (Wildman–Crippen LogP) is 1.37. The minimum atomic E-state index is -0.425. The zero-order valence-electron chi connectivity index (χ0n) is 7.91. The summed E-state index contributed by atoms with van der Waals surface area (Å²) in [5.41, 5.74) is 7.57. The minimum Gasteiger partial charge on any atom is -0.449 e. The smallest absolute Gasteiger partial charge is 0.339 e. The van der Waals surface area contributed by atoms with Gasteiger partial charge in [0.1, 0.15) is 0 Å². The van der Waals surface area contributed by atoms with E-state index >= 15 is 0 Å². The van der Waals surface area contributed by atoms with Crippen LogP contribution in [0.25, 0.3) is 0 Å². The highest BCUT2D eigenvalue weighted by molar-refractivity contribution is 5.90. The number of terminal acetylenes is 1. The third-order valence-corrected chi connectivity index (χ3v) is 1.79. The first-order valence-corrected chi connectivity index (χ1v) is 4.12. The van der Waals surface area contributed by atoms with Crippen molar-refractivity contribution in [2.45, 2.75) is 6.92 Å². The van der Waals surface area contributed by atoms with Gasteiger partial charge >= 0.3 is 5.97 Å². The third kappa shape index (κ3) is 2.27. The molecule has 0 aromatic heterocycles. The number of anilines is 1. The molecule has 0 radical (unpaired) electrons. The lowest BCUT2D eigenvalue weighted by Crippen LogP contribution is -2.06. The molecule has 0 bridgehead atoms. The average Bonchev–Trinajstić information content (AvgIpc) is 2.18. The molecule has 0 spiro atoms. The Kier molecular flexibility index (Phi) is 3.14. The fourth-order valence-corrected chi connectivity index (χ4v) is 0.993. The van der Waals surface area contributed by atoms with E-state index in [-0.39, 0.29) is 6.61 Å². The van der Waals surface area contributed by atoms with E-state index < -0.39 is 5.97 Å². The maximum Gasteiger partial charge on any atom is 0.339 e. The van der Waals surface area contributed by atoms with Crippen LogP contribution in [0.4, 0.5) is 5.69 Å². The molecule has 0 aliphatic rings. The molecule has 72 valence electrons. The molecule has 0 atom stereocenters. The third-order valence-electron chi connectivity index (χ3n) is 1.79. The summed E-state index contributed by atoms with van der Waals surface area (Å²) in [6, 6.07) is 4.96. The number of esters is 1. The van der Waals surface area contributed by atoms with E-state index in [9.17, 15) is 4.79 Å². The van der Waals surface area contributed by atoms with Gasteiger partial charge in [-0.25, -0.2) is 4.79 Å². The zero-order chi connectivity index (χ0) is 10.6. The second-order valence-electron chi connectivity index (χ2n) is 2.85. The van der Waals surface area contributed by atoms with Crippen molar-refractivity contribution in [3.8, 4) is 12.3 Å². The molecule has 0 aliphatic heterocycles. The molecule has 3 nitrogen and oxygen atoms in total. The van der Waals surface area contributed by atoms with Crippen LogP contribution in [0.15, 0.2) is 18.2 Å². The van der Waals surface area contributed by atoms with E-state index in [1.54, 1.807) is 18.2 Å². The van der Waals surface area contributed by atoms with Gasteiger partial charge in [0.15, 0.2) is 6.61 Å². The number of benzene rings is 1. The lowest BCUT2D eigenvalue weighted by Gasteiger charge is -2.03. The van der Waals surface area contributed by atoms with Crippen molar-refractivity contribution in [2.75, 3.05) is 12.3 Å². The quantitative estimate of drug-likeness (QED) is 0.434. The number of ether oxygens (including phenoxy) is 1. The molecular formula is C11H11NO2. The van der Waals surface area contributed by atoms with Crippen molar-refractivity contribution >= 4 is 11.7 Å². The van der Waals surface area contributed by atoms with Crippen molar-refractivity contribution in [2.24, 2.45) is 0 Å². The molecule has 0 saturated carbocycles. The Hall–Kier alpha value is -1.95. The first-order valence-electron chi connectivity index (χ1n) is 4.12. The van der Waals surface area contributed by atoms with Gasteiger partial charge in [0.25, 0.3) is 0 Å². The number of hydrogen-bond donors (Lipinski definition) is 1. The van der Waals surface area contributed by atoms with Gasteiger partial charge in [-0.15, -0.1) is 6.42 Å². The predicted molar refractivity (Wildman–Crippen MR) is 54.7 cm³/mol. The number of carbonyl (C=O) groups excluding carboxylic acids is 1. The Morgan fingerprint density at radius 1 is 1.64 bits per heavy atom. The minimum absolute atomic E-state index is 0.0116. The lowest BCUT2D eigenvalue weighted by molar-refractivity contribution is 0.0556. The Morgan fingerprint density at radius 3 is 2.93 bits per heavy atom. The number of rotatable bonds is 2. The number of carbonyl (C=O) groups is 1. The van der Waals surface area contributed by atoms with Crippen molar-refractivity contribution < 1.29 is 9.53 Å². The van der Waals surface area contributed by atoms with Gasteiger partial charge in [-0.05, 0) is 30.7 Å². The fraction of sp³-hybridized carbons (Fsp3) is 0.182. The molecule has 0 fully saturated rings. The topological polar surface area (TPSA) is 52.3 Å². The van der Waals surface area contributed by atoms with Crippen molar-refractivity contribution in [1.82, 2.24) is 0 Å². The summed E-state index contributed by atoms with van der Waals surface area (Å²) in [4.78, 5) is 11.3. The highest BCUT2D eigenvalue weighted by Gasteiger charge is 2.06. The zero-order valence-corrected chi connectivity index (χ0v) is 7.91. The van der Waals surface area contributed by atoms with Crippen LogP contribution < -0.4 is 5.73 Å². The van der Waals surface area contributed by atoms with E-state index in [1.807, 2.05) is 6.92 Å². The largest absolute Gasteiger partial charge is 0.449 e. The highest BCUT2D eigenvalue weighted by Crippen LogP contribution is 2.13. The van der Waals surface area contributed by atoms with E-state index in [0.717, 1.165) is 5.56 Å². The van der Waals surface area contributed by atoms with E-state index in [4.69, 9.17) is 16.9 Å². The fourth-order valence-electron chi connectivity index (χ4n) is 0.993. The van der Waals surface area contributed by atoms with E-state index in [2.05, 4.69) is 5.92 Å². The van der Waals surface area contributed by atoms with Gasteiger partial charge in [0, 0.05) is 5.69 Å². The van der Waals surface area contributed by atoms with Crippen LogP contribution in [0.1, 0.15) is 15.9 Å². The molecule has 2 N–H and O–H groups in total. The molecule has 1 aromatic rings. The normalized spacial score (nSPS) is 9.14. The Balaban J connectivity index is 2.82. The summed E-state index contributed by atoms with van der Waals surface area (Å²) in [5, 5.41) is 0. The van der Waals surface area contributed by atoms with Crippen molar-refractivity contribution in [3.05, 3.63) is 29.3 Å². The lowest BCUT2D eigenvalue weighted by atomic mass is 10.1. The maximum absolute atomic E-state index is 11.3. The summed E-state index contributed by atoms with van der Waals surface area (Å²) in [7, 11) is 0. The summed E-state index contributed by atoms with van der Waals surface area (Å²) in [5.74, 6) is 1.80. The van der Waals surface area contributed by atoms with Gasteiger partial charge < -0.3 is 10.5 Å². The molecule has 1 aromatic carbocycles. The molecule has 0 amide bonds. The van der Waals surface area contributed by atoms with Gasteiger partial charge in [-0.3, -0.25) is 0 Å². The SMILES string of the molecule is C#CCOC(=O)c1ccc(N)c(C)c1. The molecule has 0 aliphatic carbocycles. The van der Waals surface area contributed by atoms with Gasteiger partial charge in [0.2, 0.25) is 0 Å². The number of nitrogens with two attached hydrogens (primary N) is 1. The monoisotopic (exact) mass is 189 g/mol. The number of hydrogen-bond acceptors (Lipinski definition) is 3. The number of aryl methyl sites for hydroxylation is 1. The van der Waals surface area contributed by atoms with Crippen molar-refractivity contribution in [1.29, 1.82) is 0 Å². The highest BCUT2D eigenvalue weighted by atomic mass is 16.5. The first kappa shape index (κ1) is 10.1. The summed E-state index contributed by atoms with van der Waals surface area (Å²) in [6.07, 6.45) is 4.96. The molecule has 1 rings (SSSR count). The average molecular weight is 189 g/mol. The summed E-state index contributed by atoms with van der Waals surface area (Å²) in [6.45, 7) is 1.82. The van der Waals surface area contributed by atoms with Gasteiger partial charge in [0.05, 0.1) is 5.56 Å². The Labute approximate surface area is 82.9 Å². The first-order chi connectivity index (χ1) is 6.65. The molecule has 3 heteroatoms. The second kappa shape index (κ2) is 4.33. The maximum atomic E-state index is 11.3. The van der Waals surface area contributed by atoms with Crippen LogP contribution in [-0.2, 0) is 4.74 Å². The number of nitrogen functional groups attached to an aromatic ring is 1. The van der Waals surface area contributed by atoms with Crippen LogP contribution >= 0.6 is 0 Å². The van der Waals surface area contributed by atoms with Crippen LogP contribution in [0.2, 0.25) is 0 Å². The van der Waals surface area contributed by atoms with Crippen LogP contribution in [0.3, 0.4) is 0 Å². The molecule has 0 saturated heterocycles. The van der Waals surface area contributed by atoms with Crippen LogP contribution in [0.5, 0.6) is 0 Å². The summed E-state index contributed by atoms with van der Waals surface area (Å²) >= 11 is 0. The van der Waals surface area contributed by atoms with Gasteiger partial charge in [-0.1, -0.05) is 5.92 Å². The van der Waals surface area contributed by atoms with Gasteiger partial charge in [-0.2, -0.15) is 0 Å². The van der Waals surface area contributed by atoms with Crippen LogP contribution in [-0.4, -0.2) is 12.6 Å². The summed E-state index contributed by atoms with van der Waals surface area (Å²) < 4.78 is 4.76. The van der Waals surface area contributed by atoms with E-state index in [0.29, 0.717) is 11.3 Å². The standard InChI is InChI=1S/C11H11NO2/c1-3-6-14-11(13)9-4-5-10(12)8(2)7-9/h1,4-5,7H,6,12H2,2H3. The molecule has 0 unspecified atom stereocenters. The molecule has 14 heavy (non-hydrogen) atoms. The molecular weight excluding hydrogens is 178 g/mol. The Bertz CT molecular complexity index is 391. The molecule has 0 heterocycles. The van der Waals surface area contributed by atoms with Crippen LogP contribution in [0, 0.1) is 19.3 Å². The van der Waals surface area contributed by atoms with E-state index in [1.165, 1.54) is 0 Å².